The van der Waals surface area contributed by atoms with Gasteiger partial charge in [-0.3, -0.25) is 14.6 Å². The molecular weight excluding hydrogens is 350 g/mol. The van der Waals surface area contributed by atoms with Crippen LogP contribution in [-0.4, -0.2) is 29.9 Å². The van der Waals surface area contributed by atoms with Gasteiger partial charge in [0.05, 0.1) is 11.1 Å². The molecule has 1 heterocycles. The van der Waals surface area contributed by atoms with E-state index in [9.17, 15) is 9.59 Å². The van der Waals surface area contributed by atoms with Crippen molar-refractivity contribution in [2.45, 2.75) is 32.6 Å². The van der Waals surface area contributed by atoms with Crippen molar-refractivity contribution in [3.63, 3.8) is 0 Å². The van der Waals surface area contributed by atoms with Gasteiger partial charge in [-0.1, -0.05) is 43.5 Å². The van der Waals surface area contributed by atoms with Crippen LogP contribution in [0, 0.1) is 0 Å². The molecule has 2 rings (SSSR count). The number of pyridine rings is 1. The molecule has 2 N–H and O–H groups in total. The number of nitrogens with zero attached hydrogens (tertiary/aromatic N) is 1. The van der Waals surface area contributed by atoms with Gasteiger partial charge in [0.2, 0.25) is 0 Å². The van der Waals surface area contributed by atoms with E-state index >= 15 is 0 Å². The third kappa shape index (κ3) is 6.48. The van der Waals surface area contributed by atoms with E-state index in [1.54, 1.807) is 6.07 Å². The third-order valence-corrected chi connectivity index (χ3v) is 4.15. The summed E-state index contributed by atoms with van der Waals surface area (Å²) in [7, 11) is 0. The molecule has 5 nitrogen and oxygen atoms in total. The minimum absolute atomic E-state index is 0.206. The summed E-state index contributed by atoms with van der Waals surface area (Å²) in [5.41, 5.74) is 1.82. The van der Waals surface area contributed by atoms with E-state index in [-0.39, 0.29) is 11.8 Å². The molecule has 0 bridgehead atoms. The Morgan fingerprint density at radius 1 is 1.00 bits per heavy atom. The molecular formula is C20H24ClN3O2. The van der Waals surface area contributed by atoms with Crippen LogP contribution in [0.15, 0.2) is 42.7 Å². The summed E-state index contributed by atoms with van der Waals surface area (Å²) in [6, 6.07) is 9.10. The molecule has 0 fully saturated rings. The van der Waals surface area contributed by atoms with Crippen molar-refractivity contribution in [1.29, 1.82) is 0 Å². The minimum atomic E-state index is -0.250. The van der Waals surface area contributed by atoms with E-state index in [1.807, 2.05) is 24.3 Å². The third-order valence-electron chi connectivity index (χ3n) is 3.92. The zero-order chi connectivity index (χ0) is 18.8. The number of amides is 2. The Morgan fingerprint density at radius 3 is 2.35 bits per heavy atom. The molecule has 0 radical (unpaired) electrons. The average molecular weight is 374 g/mol. The van der Waals surface area contributed by atoms with Crippen LogP contribution in [0.2, 0.25) is 5.02 Å². The fourth-order valence-electron chi connectivity index (χ4n) is 2.48. The van der Waals surface area contributed by atoms with Crippen LogP contribution in [0.25, 0.3) is 0 Å². The lowest BCUT2D eigenvalue weighted by molar-refractivity contribution is 0.0952. The summed E-state index contributed by atoms with van der Waals surface area (Å²) in [6.07, 6.45) is 6.73. The van der Waals surface area contributed by atoms with Crippen LogP contribution in [0.1, 0.15) is 52.5 Å². The molecule has 0 aliphatic heterocycles. The van der Waals surface area contributed by atoms with Gasteiger partial charge in [0, 0.05) is 30.5 Å². The number of nitrogens with one attached hydrogen (secondary N) is 2. The molecule has 0 saturated carbocycles. The standard InChI is InChI=1S/C20H24ClN3O2/c1-2-3-4-9-23-19(25)16-12-17(14-22-13-16)20(26)24-10-8-15-6-5-7-18(21)11-15/h5-7,11-14H,2-4,8-10H2,1H3,(H,23,25)(H,24,26). The van der Waals surface area contributed by atoms with Gasteiger partial charge in [0.15, 0.2) is 0 Å². The molecule has 0 unspecified atom stereocenters. The van der Waals surface area contributed by atoms with Crippen LogP contribution in [0.3, 0.4) is 0 Å². The van der Waals surface area contributed by atoms with E-state index in [4.69, 9.17) is 11.6 Å². The average Bonchev–Trinajstić information content (AvgIpc) is 2.65. The van der Waals surface area contributed by atoms with Crippen molar-refractivity contribution in [1.82, 2.24) is 15.6 Å². The number of benzene rings is 1. The number of unbranched alkanes of at least 4 members (excludes halogenated alkanes) is 2. The summed E-state index contributed by atoms with van der Waals surface area (Å²) in [5.74, 6) is -0.456. The Bertz CT molecular complexity index is 749. The van der Waals surface area contributed by atoms with Gasteiger partial charge in [-0.05, 0) is 36.6 Å². The molecule has 26 heavy (non-hydrogen) atoms. The van der Waals surface area contributed by atoms with Gasteiger partial charge in [-0.25, -0.2) is 0 Å². The van der Waals surface area contributed by atoms with Gasteiger partial charge in [-0.2, -0.15) is 0 Å². The Hall–Kier alpha value is -2.40. The molecule has 1 aromatic carbocycles. The molecule has 1 aromatic heterocycles. The second-order valence-electron chi connectivity index (χ2n) is 6.06. The Morgan fingerprint density at radius 2 is 1.69 bits per heavy atom. The van der Waals surface area contributed by atoms with E-state index in [1.165, 1.54) is 12.4 Å². The van der Waals surface area contributed by atoms with E-state index in [0.29, 0.717) is 35.7 Å². The lowest BCUT2D eigenvalue weighted by Crippen LogP contribution is -2.27. The number of aromatic nitrogens is 1. The Kier molecular flexibility index (Phi) is 8.09. The predicted octanol–water partition coefficient (Wildman–Crippen LogP) is 3.63. The Labute approximate surface area is 159 Å². The number of halogens is 1. The largest absolute Gasteiger partial charge is 0.352 e. The first-order valence-electron chi connectivity index (χ1n) is 8.86. The van der Waals surface area contributed by atoms with Crippen LogP contribution >= 0.6 is 11.6 Å². The minimum Gasteiger partial charge on any atom is -0.352 e. The Balaban J connectivity index is 1.85. The summed E-state index contributed by atoms with van der Waals surface area (Å²) in [5, 5.41) is 6.36. The second-order valence-corrected chi connectivity index (χ2v) is 6.50. The molecule has 0 atom stereocenters. The highest BCUT2D eigenvalue weighted by Crippen LogP contribution is 2.11. The maximum absolute atomic E-state index is 12.3. The van der Waals surface area contributed by atoms with Crippen LogP contribution in [0.4, 0.5) is 0 Å². The van der Waals surface area contributed by atoms with Crippen molar-refractivity contribution in [2.75, 3.05) is 13.1 Å². The monoisotopic (exact) mass is 373 g/mol. The SMILES string of the molecule is CCCCCNC(=O)c1cncc(C(=O)NCCc2cccc(Cl)c2)c1. The van der Waals surface area contributed by atoms with Gasteiger partial charge in [0.25, 0.3) is 11.8 Å². The maximum Gasteiger partial charge on any atom is 0.252 e. The number of hydrogen-bond acceptors (Lipinski definition) is 3. The molecule has 6 heteroatoms. The normalized spacial score (nSPS) is 10.4. The molecule has 0 spiro atoms. The van der Waals surface area contributed by atoms with Crippen LogP contribution < -0.4 is 10.6 Å². The first kappa shape index (κ1) is 19.9. The number of hydrogen-bond donors (Lipinski definition) is 2. The molecule has 0 saturated heterocycles. The van der Waals surface area contributed by atoms with Gasteiger partial charge < -0.3 is 10.6 Å². The predicted molar refractivity (Wildman–Crippen MR) is 104 cm³/mol. The first-order chi connectivity index (χ1) is 12.6. The van der Waals surface area contributed by atoms with Gasteiger partial charge in [-0.15, -0.1) is 0 Å². The van der Waals surface area contributed by atoms with Crippen molar-refractivity contribution in [3.05, 3.63) is 64.4 Å². The number of carbonyl (C=O) groups excluding carboxylic acids is 2. The topological polar surface area (TPSA) is 71.1 Å². The highest BCUT2D eigenvalue weighted by molar-refractivity contribution is 6.30. The zero-order valence-electron chi connectivity index (χ0n) is 14.9. The summed E-state index contributed by atoms with van der Waals surface area (Å²) in [6.45, 7) is 3.22. The highest BCUT2D eigenvalue weighted by Gasteiger charge is 2.11. The van der Waals surface area contributed by atoms with E-state index in [0.717, 1.165) is 24.8 Å². The van der Waals surface area contributed by atoms with E-state index in [2.05, 4.69) is 22.5 Å². The zero-order valence-corrected chi connectivity index (χ0v) is 15.7. The van der Waals surface area contributed by atoms with Crippen molar-refractivity contribution >= 4 is 23.4 Å². The van der Waals surface area contributed by atoms with Crippen molar-refractivity contribution < 1.29 is 9.59 Å². The molecule has 0 aliphatic carbocycles. The molecule has 2 amide bonds. The van der Waals surface area contributed by atoms with Crippen molar-refractivity contribution in [2.24, 2.45) is 0 Å². The second kappa shape index (κ2) is 10.6. The molecule has 2 aromatic rings. The quantitative estimate of drug-likeness (QED) is 0.659. The van der Waals surface area contributed by atoms with E-state index < -0.39 is 0 Å². The summed E-state index contributed by atoms with van der Waals surface area (Å²) < 4.78 is 0. The first-order valence-corrected chi connectivity index (χ1v) is 9.24. The lowest BCUT2D eigenvalue weighted by atomic mass is 10.1. The van der Waals surface area contributed by atoms with Gasteiger partial charge >= 0.3 is 0 Å². The fraction of sp³-hybridized carbons (Fsp3) is 0.350. The van der Waals surface area contributed by atoms with Crippen LogP contribution in [-0.2, 0) is 6.42 Å². The number of rotatable bonds is 9. The lowest BCUT2D eigenvalue weighted by Gasteiger charge is -2.08. The maximum atomic E-state index is 12.3. The summed E-state index contributed by atoms with van der Waals surface area (Å²) in [4.78, 5) is 28.4. The number of carbonyl (C=O) groups is 2. The highest BCUT2D eigenvalue weighted by atomic mass is 35.5. The smallest absolute Gasteiger partial charge is 0.252 e. The molecule has 0 aliphatic rings. The van der Waals surface area contributed by atoms with Crippen LogP contribution in [0.5, 0.6) is 0 Å². The molecule has 138 valence electrons. The van der Waals surface area contributed by atoms with Gasteiger partial charge in [0.1, 0.15) is 0 Å². The summed E-state index contributed by atoms with van der Waals surface area (Å²) >= 11 is 5.95. The van der Waals surface area contributed by atoms with Crippen molar-refractivity contribution in [3.8, 4) is 0 Å². The fourth-order valence-corrected chi connectivity index (χ4v) is 2.70.